The van der Waals surface area contributed by atoms with Crippen molar-refractivity contribution in [2.45, 2.75) is 97.8 Å². The van der Waals surface area contributed by atoms with E-state index in [1.165, 1.54) is 38.8 Å². The Kier molecular flexibility index (Phi) is 12.0. The van der Waals surface area contributed by atoms with Crippen LogP contribution in [0.2, 0.25) is 0 Å². The van der Waals surface area contributed by atoms with E-state index >= 15 is 0 Å². The first-order valence-corrected chi connectivity index (χ1v) is 22.4. The third-order valence-electron chi connectivity index (χ3n) is 12.6. The van der Waals surface area contributed by atoms with Gasteiger partial charge in [-0.25, -0.2) is 4.98 Å². The largest absolute Gasteiger partial charge is 0.509 e. The van der Waals surface area contributed by atoms with Crippen molar-refractivity contribution >= 4 is 33.2 Å². The van der Waals surface area contributed by atoms with E-state index in [1.807, 2.05) is 18.3 Å². The zero-order valence-corrected chi connectivity index (χ0v) is 41.8. The molecule has 6 aromatic carbocycles. The van der Waals surface area contributed by atoms with Crippen molar-refractivity contribution in [2.24, 2.45) is 0 Å². The third kappa shape index (κ3) is 8.93. The molecule has 0 fully saturated rings. The average molecular weight is 1040 g/mol. The van der Waals surface area contributed by atoms with Crippen LogP contribution in [0.15, 0.2) is 158 Å². The summed E-state index contributed by atoms with van der Waals surface area (Å²) in [6.45, 7) is 27.2. The van der Waals surface area contributed by atoms with Gasteiger partial charge in [-0.3, -0.25) is 0 Å². The number of hydrogen-bond donors (Lipinski definition) is 0. The maximum absolute atomic E-state index is 6.86. The molecule has 2 aromatic heterocycles. The number of ether oxygens (including phenoxy) is 1. The van der Waals surface area contributed by atoms with Crippen molar-refractivity contribution in [1.29, 1.82) is 0 Å². The molecule has 65 heavy (non-hydrogen) atoms. The number of benzene rings is 6. The first-order valence-electron chi connectivity index (χ1n) is 22.4. The molecule has 0 bridgehead atoms. The molecule has 0 saturated heterocycles. The smallest absolute Gasteiger partial charge is 0.135 e. The summed E-state index contributed by atoms with van der Waals surface area (Å²) < 4.78 is 9.11. The van der Waals surface area contributed by atoms with Crippen LogP contribution in [0.1, 0.15) is 98.4 Å². The van der Waals surface area contributed by atoms with Gasteiger partial charge in [-0.1, -0.05) is 172 Å². The Hall–Kier alpha value is -5.90. The maximum Gasteiger partial charge on any atom is 0.135 e. The molecule has 6 heteroatoms. The molecule has 8 aromatic rings. The standard InChI is InChI=1S/C59H59N4O.Pt/c1-56(2,3)43-29-30-60-54(34-43)63-51-28-19-18-27-49(51)55-50(58(7,8)9)36-48(37-52(55)63)64-47-26-20-25-45(35-47)61-38-53(59(10,11)42-23-16-13-17-24-42)62(39-61)46-32-41(40-21-14-12-15-22-40)31-44(33-46)57(4,5)6;/h12-34,36,38-39H,1-11H3;/q-3;. The fraction of sp³-hybridized carbons (Fsp3) is 0.254. The molecule has 0 aliphatic carbocycles. The number of nitrogens with zero attached hydrogens (tertiary/aromatic N) is 4. The SMILES string of the molecule is CC(C)(C)c1cc(-c2ccccc2)cc(N2[CH-]N(c3[c-]c(Oc4[c-]c5c(c(C(C)(C)C)c4)c4ccccc4n5-c4cc(C(C)(C)C)ccn4)ccc3)C=C2C(C)(C)c2ccccc2)c1.[Pt]. The molecule has 5 nitrogen and oxygen atoms in total. The van der Waals surface area contributed by atoms with Crippen molar-refractivity contribution < 1.29 is 25.8 Å². The number of allylic oxidation sites excluding steroid dienone is 1. The third-order valence-corrected chi connectivity index (χ3v) is 12.6. The molecule has 3 heterocycles. The fourth-order valence-corrected chi connectivity index (χ4v) is 8.84. The van der Waals surface area contributed by atoms with Gasteiger partial charge in [0.1, 0.15) is 5.82 Å². The Balaban J connectivity index is 0.00000576. The molecule has 334 valence electrons. The predicted molar refractivity (Wildman–Crippen MR) is 268 cm³/mol. The molecule has 0 unspecified atom stereocenters. The minimum Gasteiger partial charge on any atom is -0.509 e. The number of rotatable bonds is 8. The number of hydrogen-bond acceptors (Lipinski definition) is 4. The number of anilines is 2. The second-order valence-corrected chi connectivity index (χ2v) is 20.8. The van der Waals surface area contributed by atoms with E-state index in [-0.39, 0.29) is 42.7 Å². The summed E-state index contributed by atoms with van der Waals surface area (Å²) in [6.07, 6.45) is 4.17. The number of para-hydroxylation sites is 1. The molecule has 0 spiro atoms. The van der Waals surface area contributed by atoms with Crippen LogP contribution in [0.25, 0.3) is 38.8 Å². The Bertz CT molecular complexity index is 3030. The van der Waals surface area contributed by atoms with E-state index in [9.17, 15) is 0 Å². The van der Waals surface area contributed by atoms with Crippen LogP contribution < -0.4 is 14.5 Å². The number of pyridine rings is 1. The van der Waals surface area contributed by atoms with Crippen molar-refractivity contribution in [3.8, 4) is 28.4 Å². The molecule has 0 N–H and O–H groups in total. The van der Waals surface area contributed by atoms with E-state index in [0.717, 1.165) is 39.3 Å². The first-order chi connectivity index (χ1) is 30.4. The van der Waals surface area contributed by atoms with Gasteiger partial charge in [0.2, 0.25) is 0 Å². The molecule has 0 amide bonds. The molecule has 1 aliphatic rings. The van der Waals surface area contributed by atoms with Crippen LogP contribution in [0.5, 0.6) is 11.5 Å². The van der Waals surface area contributed by atoms with Crippen LogP contribution in [0.4, 0.5) is 11.4 Å². The van der Waals surface area contributed by atoms with Crippen LogP contribution in [0, 0.1) is 18.8 Å². The molecule has 0 saturated carbocycles. The minimum absolute atomic E-state index is 0. The van der Waals surface area contributed by atoms with Crippen molar-refractivity contribution in [1.82, 2.24) is 9.55 Å². The van der Waals surface area contributed by atoms with Gasteiger partial charge in [-0.15, -0.1) is 48.3 Å². The fourth-order valence-electron chi connectivity index (χ4n) is 8.84. The van der Waals surface area contributed by atoms with Gasteiger partial charge in [-0.05, 0) is 86.0 Å². The average Bonchev–Trinajstić information content (AvgIpc) is 3.87. The number of aromatic nitrogens is 2. The molecular formula is C59H59N4OPt-3. The van der Waals surface area contributed by atoms with Gasteiger partial charge in [0, 0.05) is 61.1 Å². The van der Waals surface area contributed by atoms with Gasteiger partial charge < -0.3 is 19.1 Å². The predicted octanol–water partition coefficient (Wildman–Crippen LogP) is 15.4. The van der Waals surface area contributed by atoms with Gasteiger partial charge in [-0.2, -0.15) is 6.07 Å². The molecule has 1 aliphatic heterocycles. The summed E-state index contributed by atoms with van der Waals surface area (Å²) in [5, 5.41) is 2.33. The van der Waals surface area contributed by atoms with Crippen LogP contribution >= 0.6 is 0 Å². The van der Waals surface area contributed by atoms with Gasteiger partial charge >= 0.3 is 0 Å². The van der Waals surface area contributed by atoms with Crippen molar-refractivity contribution in [2.75, 3.05) is 9.80 Å². The Morgan fingerprint density at radius 3 is 1.94 bits per heavy atom. The maximum atomic E-state index is 6.86. The second-order valence-electron chi connectivity index (χ2n) is 20.8. The van der Waals surface area contributed by atoms with E-state index in [1.54, 1.807) is 0 Å². The summed E-state index contributed by atoms with van der Waals surface area (Å²) in [7, 11) is 0. The zero-order chi connectivity index (χ0) is 45.2. The van der Waals surface area contributed by atoms with Crippen LogP contribution in [-0.4, -0.2) is 9.55 Å². The van der Waals surface area contributed by atoms with E-state index in [0.29, 0.717) is 11.5 Å². The van der Waals surface area contributed by atoms with Crippen molar-refractivity contribution in [3.05, 3.63) is 199 Å². The second kappa shape index (κ2) is 17.1. The first kappa shape index (κ1) is 45.7. The van der Waals surface area contributed by atoms with Crippen LogP contribution in [-0.2, 0) is 42.7 Å². The Labute approximate surface area is 401 Å². The normalized spacial score (nSPS) is 13.6. The summed E-state index contributed by atoms with van der Waals surface area (Å²) in [4.78, 5) is 9.48. The van der Waals surface area contributed by atoms with E-state index in [2.05, 4.69) is 243 Å². The summed E-state index contributed by atoms with van der Waals surface area (Å²) in [5.41, 5.74) is 11.8. The zero-order valence-electron chi connectivity index (χ0n) is 39.5. The van der Waals surface area contributed by atoms with Gasteiger partial charge in [0.15, 0.2) is 0 Å². The summed E-state index contributed by atoms with van der Waals surface area (Å²) in [6, 6.07) is 57.1. The summed E-state index contributed by atoms with van der Waals surface area (Å²) >= 11 is 0. The molecule has 0 radical (unpaired) electrons. The van der Waals surface area contributed by atoms with Gasteiger partial charge in [0.25, 0.3) is 0 Å². The number of fused-ring (bicyclic) bond motifs is 3. The monoisotopic (exact) mass is 1030 g/mol. The quantitative estimate of drug-likeness (QED) is 0.142. The Morgan fingerprint density at radius 2 is 1.25 bits per heavy atom. The van der Waals surface area contributed by atoms with E-state index < -0.39 is 0 Å². The topological polar surface area (TPSA) is 33.5 Å². The minimum atomic E-state index is -0.349. The van der Waals surface area contributed by atoms with E-state index in [4.69, 9.17) is 9.72 Å². The van der Waals surface area contributed by atoms with Gasteiger partial charge in [0.05, 0.1) is 0 Å². The molecule has 0 atom stereocenters. The molecular weight excluding hydrogens is 976 g/mol. The van der Waals surface area contributed by atoms with Crippen molar-refractivity contribution in [3.63, 3.8) is 0 Å². The molecule has 9 rings (SSSR count). The Morgan fingerprint density at radius 1 is 0.569 bits per heavy atom. The van der Waals surface area contributed by atoms with Crippen LogP contribution in [0.3, 0.4) is 0 Å². The summed E-state index contributed by atoms with van der Waals surface area (Å²) in [5.74, 6) is 2.09.